The van der Waals surface area contributed by atoms with Crippen LogP contribution in [-0.2, 0) is 11.2 Å². The van der Waals surface area contributed by atoms with Gasteiger partial charge in [0.2, 0.25) is 5.91 Å². The van der Waals surface area contributed by atoms with Crippen molar-refractivity contribution in [3.63, 3.8) is 0 Å². The van der Waals surface area contributed by atoms with Gasteiger partial charge in [-0.25, -0.2) is 5.43 Å². The number of hydrogen-bond acceptors (Lipinski definition) is 2. The Hall–Kier alpha value is -1.35. The number of benzene rings is 1. The van der Waals surface area contributed by atoms with Gasteiger partial charge in [0.1, 0.15) is 0 Å². The quantitative estimate of drug-likeness (QED) is 0.711. The van der Waals surface area contributed by atoms with E-state index in [1.165, 1.54) is 5.56 Å². The van der Waals surface area contributed by atoms with Crippen LogP contribution in [0.3, 0.4) is 0 Å². The highest BCUT2D eigenvalue weighted by Crippen LogP contribution is 2.32. The van der Waals surface area contributed by atoms with Gasteiger partial charge in [-0.3, -0.25) is 4.79 Å². The summed E-state index contributed by atoms with van der Waals surface area (Å²) in [5, 5.41) is 4.86. The van der Waals surface area contributed by atoms with Crippen molar-refractivity contribution in [2.75, 3.05) is 0 Å². The molecule has 3 nitrogen and oxygen atoms in total. The van der Waals surface area contributed by atoms with Gasteiger partial charge in [0.25, 0.3) is 0 Å². The predicted octanol–water partition coefficient (Wildman–Crippen LogP) is 1.74. The van der Waals surface area contributed by atoms with E-state index < -0.39 is 0 Å². The van der Waals surface area contributed by atoms with E-state index in [9.17, 15) is 4.79 Å². The Morgan fingerprint density at radius 3 is 3.13 bits per heavy atom. The van der Waals surface area contributed by atoms with Gasteiger partial charge >= 0.3 is 0 Å². The standard InChI is InChI=1S/C11H9ClN2O/c12-8-1-2-9-6(4-8)3-7-5-10(15)13-14-11(7)9/h1-2,4,7H,3,5H2,(H,13,15). The molecule has 1 heterocycles. The summed E-state index contributed by atoms with van der Waals surface area (Å²) < 4.78 is 0. The van der Waals surface area contributed by atoms with Crippen LogP contribution >= 0.6 is 11.6 Å². The van der Waals surface area contributed by atoms with Gasteiger partial charge in [0, 0.05) is 22.9 Å². The second kappa shape index (κ2) is 3.07. The number of halogens is 1. The van der Waals surface area contributed by atoms with Gasteiger partial charge in [-0.2, -0.15) is 5.10 Å². The lowest BCUT2D eigenvalue weighted by atomic mass is 9.99. The largest absolute Gasteiger partial charge is 0.273 e. The van der Waals surface area contributed by atoms with E-state index in [0.717, 1.165) is 22.7 Å². The van der Waals surface area contributed by atoms with Gasteiger partial charge in [-0.15, -0.1) is 0 Å². The van der Waals surface area contributed by atoms with E-state index >= 15 is 0 Å². The third-order valence-corrected chi connectivity index (χ3v) is 3.16. The fourth-order valence-corrected chi connectivity index (χ4v) is 2.47. The number of hydrazone groups is 1. The first-order chi connectivity index (χ1) is 7.24. The molecule has 15 heavy (non-hydrogen) atoms. The highest BCUT2D eigenvalue weighted by atomic mass is 35.5. The van der Waals surface area contributed by atoms with Crippen LogP contribution in [0.5, 0.6) is 0 Å². The minimum Gasteiger partial charge on any atom is -0.273 e. The summed E-state index contributed by atoms with van der Waals surface area (Å²) in [4.78, 5) is 11.2. The third kappa shape index (κ3) is 1.35. The molecule has 0 saturated carbocycles. The van der Waals surface area contributed by atoms with E-state index in [0.29, 0.717) is 6.42 Å². The molecule has 0 radical (unpaired) electrons. The average molecular weight is 221 g/mol. The minimum absolute atomic E-state index is 0.00246. The number of carbonyl (C=O) groups is 1. The lowest BCUT2D eigenvalue weighted by molar-refractivity contribution is -0.121. The summed E-state index contributed by atoms with van der Waals surface area (Å²) in [5.74, 6) is 0.245. The first-order valence-electron chi connectivity index (χ1n) is 4.89. The van der Waals surface area contributed by atoms with Crippen LogP contribution in [0.4, 0.5) is 0 Å². The fraction of sp³-hybridized carbons (Fsp3) is 0.273. The Morgan fingerprint density at radius 2 is 2.27 bits per heavy atom. The molecule has 1 aromatic rings. The zero-order valence-corrected chi connectivity index (χ0v) is 8.71. The number of hydrogen-bond donors (Lipinski definition) is 1. The SMILES string of the molecule is O=C1CC2Cc3cc(Cl)ccc3C2=NN1. The maximum absolute atomic E-state index is 11.2. The minimum atomic E-state index is 0.00246. The molecular weight excluding hydrogens is 212 g/mol. The normalized spacial score (nSPS) is 22.9. The van der Waals surface area contributed by atoms with Crippen LogP contribution in [0, 0.1) is 5.92 Å². The molecule has 0 spiro atoms. The van der Waals surface area contributed by atoms with Crippen molar-refractivity contribution in [2.45, 2.75) is 12.8 Å². The Bertz CT molecular complexity index is 481. The highest BCUT2D eigenvalue weighted by molar-refractivity contribution is 6.31. The van der Waals surface area contributed by atoms with Crippen molar-refractivity contribution in [1.82, 2.24) is 5.43 Å². The third-order valence-electron chi connectivity index (χ3n) is 2.93. The summed E-state index contributed by atoms with van der Waals surface area (Å²) >= 11 is 5.93. The lowest BCUT2D eigenvalue weighted by Crippen LogP contribution is -2.31. The molecule has 1 aromatic carbocycles. The Balaban J connectivity index is 2.09. The number of nitrogens with zero attached hydrogens (tertiary/aromatic N) is 1. The Labute approximate surface area is 92.1 Å². The molecular formula is C11H9ClN2O. The van der Waals surface area contributed by atoms with Crippen molar-refractivity contribution in [3.8, 4) is 0 Å². The second-order valence-corrected chi connectivity index (χ2v) is 4.38. The number of nitrogens with one attached hydrogen (secondary N) is 1. The van der Waals surface area contributed by atoms with Crippen molar-refractivity contribution >= 4 is 23.2 Å². The highest BCUT2D eigenvalue weighted by Gasteiger charge is 2.32. The molecule has 1 unspecified atom stereocenters. The van der Waals surface area contributed by atoms with Crippen LogP contribution in [0.1, 0.15) is 17.5 Å². The summed E-state index contributed by atoms with van der Waals surface area (Å²) in [6.07, 6.45) is 1.41. The number of rotatable bonds is 0. The summed E-state index contributed by atoms with van der Waals surface area (Å²) in [7, 11) is 0. The molecule has 0 saturated heterocycles. The van der Waals surface area contributed by atoms with E-state index in [-0.39, 0.29) is 11.8 Å². The number of amides is 1. The average Bonchev–Trinajstić information content (AvgIpc) is 2.53. The molecule has 0 aromatic heterocycles. The first kappa shape index (κ1) is 8.92. The molecule has 4 heteroatoms. The zero-order valence-electron chi connectivity index (χ0n) is 7.96. The van der Waals surface area contributed by atoms with Gasteiger partial charge in [0.15, 0.2) is 0 Å². The maximum atomic E-state index is 11.2. The van der Waals surface area contributed by atoms with Crippen molar-refractivity contribution in [2.24, 2.45) is 11.0 Å². The molecule has 1 aliphatic heterocycles. The van der Waals surface area contributed by atoms with Crippen molar-refractivity contribution in [3.05, 3.63) is 34.3 Å². The maximum Gasteiger partial charge on any atom is 0.240 e. The summed E-state index contributed by atoms with van der Waals surface area (Å²) in [6.45, 7) is 0. The van der Waals surface area contributed by atoms with Gasteiger partial charge in [0.05, 0.1) is 5.71 Å². The molecule has 0 bridgehead atoms. The first-order valence-corrected chi connectivity index (χ1v) is 5.27. The molecule has 1 N–H and O–H groups in total. The number of carbonyl (C=O) groups excluding carboxylic acids is 1. The molecule has 1 aliphatic carbocycles. The molecule has 2 aliphatic rings. The summed E-state index contributed by atoms with van der Waals surface area (Å²) in [5.41, 5.74) is 5.85. The smallest absolute Gasteiger partial charge is 0.240 e. The second-order valence-electron chi connectivity index (χ2n) is 3.94. The Morgan fingerprint density at radius 1 is 1.40 bits per heavy atom. The van der Waals surface area contributed by atoms with Crippen LogP contribution in [0.25, 0.3) is 0 Å². The molecule has 1 amide bonds. The molecule has 0 fully saturated rings. The molecule has 76 valence electrons. The zero-order chi connectivity index (χ0) is 10.4. The van der Waals surface area contributed by atoms with Gasteiger partial charge < -0.3 is 0 Å². The van der Waals surface area contributed by atoms with Crippen molar-refractivity contribution < 1.29 is 4.79 Å². The van der Waals surface area contributed by atoms with Gasteiger partial charge in [-0.1, -0.05) is 17.7 Å². The lowest BCUT2D eigenvalue weighted by Gasteiger charge is -2.15. The van der Waals surface area contributed by atoms with E-state index in [1.54, 1.807) is 0 Å². The predicted molar refractivity (Wildman–Crippen MR) is 57.9 cm³/mol. The van der Waals surface area contributed by atoms with Crippen molar-refractivity contribution in [1.29, 1.82) is 0 Å². The monoisotopic (exact) mass is 220 g/mol. The van der Waals surface area contributed by atoms with Crippen LogP contribution < -0.4 is 5.43 Å². The molecule has 1 atom stereocenters. The van der Waals surface area contributed by atoms with Crippen LogP contribution in [0.2, 0.25) is 5.02 Å². The Kier molecular flexibility index (Phi) is 1.83. The topological polar surface area (TPSA) is 41.5 Å². The van der Waals surface area contributed by atoms with E-state index in [4.69, 9.17) is 11.6 Å². The van der Waals surface area contributed by atoms with Crippen LogP contribution in [-0.4, -0.2) is 11.6 Å². The van der Waals surface area contributed by atoms with Crippen LogP contribution in [0.15, 0.2) is 23.3 Å². The van der Waals surface area contributed by atoms with E-state index in [1.807, 2.05) is 18.2 Å². The number of fused-ring (bicyclic) bond motifs is 3. The van der Waals surface area contributed by atoms with Gasteiger partial charge in [-0.05, 0) is 24.1 Å². The van der Waals surface area contributed by atoms with E-state index in [2.05, 4.69) is 10.5 Å². The molecule has 3 rings (SSSR count). The summed E-state index contributed by atoms with van der Waals surface area (Å²) in [6, 6.07) is 5.80. The fourth-order valence-electron chi connectivity index (χ4n) is 2.28.